The van der Waals surface area contributed by atoms with E-state index in [-0.39, 0.29) is 23.3 Å². The summed E-state index contributed by atoms with van der Waals surface area (Å²) in [6, 6.07) is 7.00. The van der Waals surface area contributed by atoms with Crippen LogP contribution in [0.1, 0.15) is 84.6 Å². The number of sulfonamides is 1. The Balaban J connectivity index is 1.15. The van der Waals surface area contributed by atoms with E-state index in [2.05, 4.69) is 33.8 Å². The molecule has 0 spiro atoms. The number of ether oxygens (including phenoxy) is 1. The van der Waals surface area contributed by atoms with E-state index in [0.29, 0.717) is 49.0 Å². The molecule has 2 unspecified atom stereocenters. The Labute approximate surface area is 242 Å². The first kappa shape index (κ1) is 29.8. The molecule has 1 heterocycles. The number of esters is 1. The number of rotatable bonds is 7. The molecule has 0 bridgehead atoms. The number of piperazine rings is 1. The van der Waals surface area contributed by atoms with E-state index in [0.717, 1.165) is 17.9 Å². The third-order valence-corrected chi connectivity index (χ3v) is 13.2. The van der Waals surface area contributed by atoms with Crippen LogP contribution in [-0.2, 0) is 19.6 Å². The fourth-order valence-electron chi connectivity index (χ4n) is 8.55. The van der Waals surface area contributed by atoms with Crippen LogP contribution in [0.3, 0.4) is 0 Å². The number of benzene rings is 1. The molecule has 5 atom stereocenters. The van der Waals surface area contributed by atoms with Gasteiger partial charge in [0.25, 0.3) is 0 Å². The van der Waals surface area contributed by atoms with Gasteiger partial charge in [0, 0.05) is 31.6 Å². The predicted molar refractivity (Wildman–Crippen MR) is 159 cm³/mol. The summed E-state index contributed by atoms with van der Waals surface area (Å²) in [5.74, 6) is 1.08. The van der Waals surface area contributed by atoms with Crippen molar-refractivity contribution in [3.8, 4) is 0 Å². The molecule has 1 aliphatic heterocycles. The Bertz CT molecular complexity index is 1220. The summed E-state index contributed by atoms with van der Waals surface area (Å²) in [6.45, 7) is 14.1. The molecule has 40 heavy (non-hydrogen) atoms. The van der Waals surface area contributed by atoms with Crippen molar-refractivity contribution in [3.63, 3.8) is 0 Å². The quantitative estimate of drug-likeness (QED) is 0.288. The van der Waals surface area contributed by atoms with Crippen LogP contribution in [0.2, 0.25) is 0 Å². The number of fused-ring (bicyclic) bond motifs is 3. The van der Waals surface area contributed by atoms with Crippen molar-refractivity contribution >= 4 is 16.0 Å². The molecule has 5 rings (SSSR count). The molecular formula is C33H50N2O4S. The van der Waals surface area contributed by atoms with Crippen LogP contribution in [0.25, 0.3) is 0 Å². The van der Waals surface area contributed by atoms with Gasteiger partial charge >= 0.3 is 5.97 Å². The summed E-state index contributed by atoms with van der Waals surface area (Å²) < 4.78 is 33.6. The summed E-state index contributed by atoms with van der Waals surface area (Å²) in [5, 5.41) is 0. The monoisotopic (exact) mass is 570 g/mol. The van der Waals surface area contributed by atoms with Crippen molar-refractivity contribution < 1.29 is 17.9 Å². The minimum absolute atomic E-state index is 0.000784. The van der Waals surface area contributed by atoms with Gasteiger partial charge in [0.05, 0.1) is 18.0 Å². The van der Waals surface area contributed by atoms with Crippen molar-refractivity contribution in [2.45, 2.75) is 90.9 Å². The second-order valence-electron chi connectivity index (χ2n) is 14.1. The van der Waals surface area contributed by atoms with Gasteiger partial charge in [-0.25, -0.2) is 8.42 Å². The van der Waals surface area contributed by atoms with E-state index in [9.17, 15) is 13.2 Å². The molecule has 3 aliphatic carbocycles. The van der Waals surface area contributed by atoms with Crippen molar-refractivity contribution in [3.05, 3.63) is 41.5 Å². The second kappa shape index (κ2) is 11.2. The Hall–Kier alpha value is -1.70. The largest absolute Gasteiger partial charge is 0.464 e. The smallest absolute Gasteiger partial charge is 0.320 e. The molecule has 7 heteroatoms. The Morgan fingerprint density at radius 1 is 1.02 bits per heavy atom. The number of carbonyl (C=O) groups is 1. The van der Waals surface area contributed by atoms with Gasteiger partial charge in [0.2, 0.25) is 10.0 Å². The molecule has 3 fully saturated rings. The van der Waals surface area contributed by atoms with Gasteiger partial charge in [-0.3, -0.25) is 9.69 Å². The number of aryl methyl sites for hydroxylation is 1. The molecule has 0 amide bonds. The lowest BCUT2D eigenvalue weighted by Crippen LogP contribution is -2.52. The number of nitrogens with zero attached hydrogens (tertiary/aromatic N) is 2. The van der Waals surface area contributed by atoms with E-state index in [1.54, 1.807) is 17.7 Å². The average molecular weight is 571 g/mol. The highest BCUT2D eigenvalue weighted by Crippen LogP contribution is 2.63. The molecule has 4 aliphatic rings. The van der Waals surface area contributed by atoms with Gasteiger partial charge in [0.1, 0.15) is 0 Å². The number of hydrogen-bond donors (Lipinski definition) is 0. The summed E-state index contributed by atoms with van der Waals surface area (Å²) in [6.07, 6.45) is 12.4. The first-order valence-electron chi connectivity index (χ1n) is 15.5. The minimum Gasteiger partial charge on any atom is -0.464 e. The van der Waals surface area contributed by atoms with E-state index in [1.807, 2.05) is 24.0 Å². The van der Waals surface area contributed by atoms with Crippen LogP contribution in [0.15, 0.2) is 40.8 Å². The zero-order valence-corrected chi connectivity index (χ0v) is 26.2. The van der Waals surface area contributed by atoms with Crippen molar-refractivity contribution in [1.29, 1.82) is 0 Å². The maximum Gasteiger partial charge on any atom is 0.320 e. The van der Waals surface area contributed by atoms with E-state index in [4.69, 9.17) is 4.74 Å². The van der Waals surface area contributed by atoms with Crippen LogP contribution in [0.5, 0.6) is 0 Å². The van der Waals surface area contributed by atoms with Crippen molar-refractivity contribution in [2.75, 3.05) is 39.3 Å². The normalized spacial score (nSPS) is 35.4. The fraction of sp³-hybridized carbons (Fsp3) is 0.727. The highest BCUT2D eigenvalue weighted by atomic mass is 32.2. The molecule has 2 saturated carbocycles. The van der Waals surface area contributed by atoms with Crippen LogP contribution >= 0.6 is 0 Å². The van der Waals surface area contributed by atoms with Crippen LogP contribution < -0.4 is 0 Å². The van der Waals surface area contributed by atoms with Crippen LogP contribution in [0.4, 0.5) is 0 Å². The zero-order chi connectivity index (χ0) is 28.8. The third-order valence-electron chi connectivity index (χ3n) is 11.3. The summed E-state index contributed by atoms with van der Waals surface area (Å²) in [5.41, 5.74) is 3.41. The summed E-state index contributed by atoms with van der Waals surface area (Å²) in [7, 11) is -3.51. The van der Waals surface area contributed by atoms with Gasteiger partial charge in [-0.2, -0.15) is 4.31 Å². The molecule has 0 aromatic heterocycles. The topological polar surface area (TPSA) is 66.9 Å². The lowest BCUT2D eigenvalue weighted by Gasteiger charge is -2.59. The Morgan fingerprint density at radius 2 is 1.73 bits per heavy atom. The SMILES string of the molecule is CC[C@@]1(C)CC=C2C(CCC3[C@](C)(COC(=O)CN4CCN(S(=O)(=O)c5ccc(C)cc5)CC4)CCC[C@@]23C)C1. The standard InChI is InChI=1S/C33H50N2O4S/c1-6-31(3)17-14-28-26(22-31)10-13-29-32(4,15-7-16-33(28,29)5)24-39-30(36)23-34-18-20-35(21-19-34)40(37,38)27-11-8-25(2)9-12-27/h8-9,11-12,14,26,29H,6-7,10,13,15-24H2,1-5H3/t26?,29?,31-,32-,33-/m0/s1. The maximum absolute atomic E-state index is 13.0. The van der Waals surface area contributed by atoms with Gasteiger partial charge < -0.3 is 4.74 Å². The molecular weight excluding hydrogens is 520 g/mol. The highest BCUT2D eigenvalue weighted by molar-refractivity contribution is 7.89. The molecule has 1 saturated heterocycles. The fourth-order valence-corrected chi connectivity index (χ4v) is 9.97. The van der Waals surface area contributed by atoms with Gasteiger partial charge in [0.15, 0.2) is 0 Å². The lowest BCUT2D eigenvalue weighted by molar-refractivity contribution is -0.154. The van der Waals surface area contributed by atoms with Gasteiger partial charge in [-0.1, -0.05) is 69.9 Å². The van der Waals surface area contributed by atoms with Crippen molar-refractivity contribution in [1.82, 2.24) is 9.21 Å². The molecule has 0 N–H and O–H groups in total. The zero-order valence-electron chi connectivity index (χ0n) is 25.4. The second-order valence-corrected chi connectivity index (χ2v) is 16.1. The maximum atomic E-state index is 13.0. The van der Waals surface area contributed by atoms with Crippen molar-refractivity contribution in [2.24, 2.45) is 28.1 Å². The average Bonchev–Trinajstić information content (AvgIpc) is 2.92. The summed E-state index contributed by atoms with van der Waals surface area (Å²) in [4.78, 5) is 15.4. The summed E-state index contributed by atoms with van der Waals surface area (Å²) >= 11 is 0. The molecule has 222 valence electrons. The molecule has 1 aromatic carbocycles. The first-order chi connectivity index (χ1) is 18.9. The number of allylic oxidation sites excluding steroid dienone is 2. The third kappa shape index (κ3) is 5.67. The first-order valence-corrected chi connectivity index (χ1v) is 17.0. The minimum atomic E-state index is -3.51. The Morgan fingerprint density at radius 3 is 2.40 bits per heavy atom. The van der Waals surface area contributed by atoms with Gasteiger partial charge in [-0.15, -0.1) is 0 Å². The van der Waals surface area contributed by atoms with E-state index in [1.165, 1.54) is 49.3 Å². The molecule has 6 nitrogen and oxygen atoms in total. The Kier molecular flexibility index (Phi) is 8.32. The lowest BCUT2D eigenvalue weighted by atomic mass is 9.46. The number of carbonyl (C=O) groups excluding carboxylic acids is 1. The number of hydrogen-bond acceptors (Lipinski definition) is 5. The van der Waals surface area contributed by atoms with Crippen LogP contribution in [0, 0.1) is 35.0 Å². The molecule has 1 aromatic rings. The highest BCUT2D eigenvalue weighted by Gasteiger charge is 2.55. The van der Waals surface area contributed by atoms with E-state index < -0.39 is 10.0 Å². The van der Waals surface area contributed by atoms with Crippen LogP contribution in [-0.4, -0.2) is 62.9 Å². The van der Waals surface area contributed by atoms with Gasteiger partial charge in [-0.05, 0) is 80.2 Å². The predicted octanol–water partition coefficient (Wildman–Crippen LogP) is 6.20. The molecule has 0 radical (unpaired) electrons. The van der Waals surface area contributed by atoms with E-state index >= 15 is 0 Å².